The Morgan fingerprint density at radius 2 is 2.12 bits per heavy atom. The number of aryl methyl sites for hydroxylation is 1. The normalized spacial score (nSPS) is 11.6. The van der Waals surface area contributed by atoms with Gasteiger partial charge in [-0.1, -0.05) is 0 Å². The Labute approximate surface area is 136 Å². The van der Waals surface area contributed by atoms with Gasteiger partial charge in [0.15, 0.2) is 5.82 Å². The summed E-state index contributed by atoms with van der Waals surface area (Å²) in [5.41, 5.74) is 0. The second-order valence-corrected chi connectivity index (χ2v) is 4.92. The second kappa shape index (κ2) is 8.60. The summed E-state index contributed by atoms with van der Waals surface area (Å²) in [6.45, 7) is 2.85. The van der Waals surface area contributed by atoms with E-state index in [0.717, 1.165) is 6.20 Å². The van der Waals surface area contributed by atoms with Crippen molar-refractivity contribution < 1.29 is 29.2 Å². The number of nitro groups is 1. The highest BCUT2D eigenvalue weighted by molar-refractivity contribution is 5.85. The maximum atomic E-state index is 11.5. The topological polar surface area (TPSA) is 154 Å². The van der Waals surface area contributed by atoms with Crippen molar-refractivity contribution in [1.82, 2.24) is 14.9 Å². The van der Waals surface area contributed by atoms with E-state index in [1.54, 1.807) is 6.92 Å². The van der Waals surface area contributed by atoms with Crippen LogP contribution < -0.4 is 5.32 Å². The van der Waals surface area contributed by atoms with Crippen LogP contribution in [-0.2, 0) is 25.7 Å². The van der Waals surface area contributed by atoms with Gasteiger partial charge in [0.25, 0.3) is 0 Å². The number of hydrogen-bond acceptors (Lipinski definition) is 7. The van der Waals surface area contributed by atoms with E-state index in [1.165, 1.54) is 11.5 Å². The molecule has 1 heterocycles. The first-order valence-corrected chi connectivity index (χ1v) is 7.06. The Morgan fingerprint density at radius 1 is 1.46 bits per heavy atom. The van der Waals surface area contributed by atoms with Crippen LogP contribution in [0, 0.1) is 17.0 Å². The summed E-state index contributed by atoms with van der Waals surface area (Å²) in [5.74, 6) is -2.20. The minimum atomic E-state index is -1.18. The lowest BCUT2D eigenvalue weighted by molar-refractivity contribution is -0.392. The smallest absolute Gasteiger partial charge is 0.342 e. The van der Waals surface area contributed by atoms with E-state index in [9.17, 15) is 24.5 Å². The Morgan fingerprint density at radius 3 is 2.71 bits per heavy atom. The van der Waals surface area contributed by atoms with Crippen LogP contribution in [0.2, 0.25) is 0 Å². The van der Waals surface area contributed by atoms with Gasteiger partial charge in [0.1, 0.15) is 25.4 Å². The molecule has 0 saturated heterocycles. The van der Waals surface area contributed by atoms with Gasteiger partial charge in [0.05, 0.1) is 6.42 Å². The van der Waals surface area contributed by atoms with Gasteiger partial charge in [0, 0.05) is 13.3 Å². The third kappa shape index (κ3) is 5.66. The van der Waals surface area contributed by atoms with Crippen molar-refractivity contribution in [2.45, 2.75) is 39.3 Å². The fourth-order valence-electron chi connectivity index (χ4n) is 1.79. The van der Waals surface area contributed by atoms with Crippen LogP contribution in [0.3, 0.4) is 0 Å². The molecular formula is C13H18N4O7. The fraction of sp³-hybridized carbons (Fsp3) is 0.538. The molecule has 1 rings (SSSR count). The van der Waals surface area contributed by atoms with E-state index in [1.807, 2.05) is 0 Å². The number of hydrogen-bond donors (Lipinski definition) is 2. The monoisotopic (exact) mass is 342 g/mol. The maximum absolute atomic E-state index is 11.5. The van der Waals surface area contributed by atoms with Crippen molar-refractivity contribution >= 4 is 23.7 Å². The molecule has 0 aliphatic rings. The van der Waals surface area contributed by atoms with Crippen LogP contribution >= 0.6 is 0 Å². The van der Waals surface area contributed by atoms with Crippen LogP contribution in [0.25, 0.3) is 0 Å². The summed E-state index contributed by atoms with van der Waals surface area (Å²) < 4.78 is 6.20. The molecule has 2 N–H and O–H groups in total. The van der Waals surface area contributed by atoms with Crippen molar-refractivity contribution in [3.63, 3.8) is 0 Å². The lowest BCUT2D eigenvalue weighted by Crippen LogP contribution is -2.38. The number of carboxylic acid groups (broad SMARTS) is 1. The molecule has 0 spiro atoms. The summed E-state index contributed by atoms with van der Waals surface area (Å²) in [6, 6.07) is -1.04. The minimum absolute atomic E-state index is 0.0656. The maximum Gasteiger partial charge on any atom is 0.342 e. The average Bonchev–Trinajstić information content (AvgIpc) is 2.86. The van der Waals surface area contributed by atoms with E-state index >= 15 is 0 Å². The fourth-order valence-corrected chi connectivity index (χ4v) is 1.79. The van der Waals surface area contributed by atoms with Crippen molar-refractivity contribution in [3.05, 3.63) is 22.1 Å². The molecule has 0 bridgehead atoms. The minimum Gasteiger partial charge on any atom is -0.480 e. The number of carboxylic acids is 1. The zero-order chi connectivity index (χ0) is 18.3. The molecule has 1 amide bonds. The number of ether oxygens (including phenoxy) is 1. The van der Waals surface area contributed by atoms with Gasteiger partial charge in [-0.3, -0.25) is 14.4 Å². The summed E-state index contributed by atoms with van der Waals surface area (Å²) in [4.78, 5) is 47.5. The van der Waals surface area contributed by atoms with Gasteiger partial charge >= 0.3 is 17.8 Å². The van der Waals surface area contributed by atoms with Crippen LogP contribution in [-0.4, -0.2) is 50.1 Å². The number of amides is 1. The zero-order valence-electron chi connectivity index (χ0n) is 13.2. The van der Waals surface area contributed by atoms with Gasteiger partial charge in [0.2, 0.25) is 5.91 Å². The highest BCUT2D eigenvalue weighted by atomic mass is 16.6. The standard InChI is InChI=1S/C13H18N4O7/c1-8(13(20)21)15-10(18)3-4-12(19)24-6-5-16-9(2)14-7-11(16)17(22)23/h7-8H,3-6H2,1-2H3,(H,15,18)(H,20,21)/t8-/m0/s1. The second-order valence-electron chi connectivity index (χ2n) is 4.92. The predicted octanol–water partition coefficient (Wildman–Crippen LogP) is 0.0124. The summed E-state index contributed by atoms with van der Waals surface area (Å²) in [5, 5.41) is 21.6. The van der Waals surface area contributed by atoms with Gasteiger partial charge in [-0.25, -0.2) is 9.55 Å². The molecular weight excluding hydrogens is 324 g/mol. The average molecular weight is 342 g/mol. The molecule has 11 heteroatoms. The van der Waals surface area contributed by atoms with Crippen LogP contribution in [0.5, 0.6) is 0 Å². The molecule has 0 radical (unpaired) electrons. The molecule has 0 aliphatic heterocycles. The molecule has 132 valence electrons. The molecule has 0 saturated carbocycles. The highest BCUT2D eigenvalue weighted by Gasteiger charge is 2.18. The molecule has 0 aliphatic carbocycles. The van der Waals surface area contributed by atoms with Crippen LogP contribution in [0.1, 0.15) is 25.6 Å². The highest BCUT2D eigenvalue weighted by Crippen LogP contribution is 2.13. The Hall–Kier alpha value is -2.98. The van der Waals surface area contributed by atoms with Crippen molar-refractivity contribution in [1.29, 1.82) is 0 Å². The van der Waals surface area contributed by atoms with Crippen molar-refractivity contribution in [2.24, 2.45) is 0 Å². The zero-order valence-corrected chi connectivity index (χ0v) is 13.2. The molecule has 1 atom stereocenters. The molecule has 0 aromatic carbocycles. The molecule has 0 fully saturated rings. The van der Waals surface area contributed by atoms with E-state index in [4.69, 9.17) is 9.84 Å². The van der Waals surface area contributed by atoms with Crippen molar-refractivity contribution in [3.8, 4) is 0 Å². The van der Waals surface area contributed by atoms with Crippen molar-refractivity contribution in [2.75, 3.05) is 6.61 Å². The van der Waals surface area contributed by atoms with Gasteiger partial charge < -0.3 is 25.3 Å². The number of nitrogens with one attached hydrogen (secondary N) is 1. The molecule has 11 nitrogen and oxygen atoms in total. The number of imidazole rings is 1. The van der Waals surface area contributed by atoms with Gasteiger partial charge in [-0.15, -0.1) is 0 Å². The van der Waals surface area contributed by atoms with E-state index in [2.05, 4.69) is 10.3 Å². The summed E-state index contributed by atoms with van der Waals surface area (Å²) >= 11 is 0. The van der Waals surface area contributed by atoms with Gasteiger partial charge in [-0.2, -0.15) is 0 Å². The third-order valence-electron chi connectivity index (χ3n) is 3.10. The first-order chi connectivity index (χ1) is 11.2. The number of aromatic nitrogens is 2. The lowest BCUT2D eigenvalue weighted by Gasteiger charge is -2.09. The molecule has 0 unspecified atom stereocenters. The van der Waals surface area contributed by atoms with Crippen LogP contribution in [0.15, 0.2) is 6.20 Å². The number of aliphatic carboxylic acids is 1. The number of rotatable bonds is 9. The number of carbonyl (C=O) groups excluding carboxylic acids is 2. The number of carbonyl (C=O) groups is 3. The summed E-state index contributed by atoms with van der Waals surface area (Å²) in [7, 11) is 0. The summed E-state index contributed by atoms with van der Waals surface area (Å²) in [6.07, 6.45) is 0.689. The predicted molar refractivity (Wildman–Crippen MR) is 79.1 cm³/mol. The Kier molecular flexibility index (Phi) is 6.83. The van der Waals surface area contributed by atoms with E-state index in [-0.39, 0.29) is 31.8 Å². The number of nitrogens with zero attached hydrogens (tertiary/aromatic N) is 3. The van der Waals surface area contributed by atoms with E-state index in [0.29, 0.717) is 5.82 Å². The largest absolute Gasteiger partial charge is 0.480 e. The third-order valence-corrected chi connectivity index (χ3v) is 3.10. The first kappa shape index (κ1) is 19.1. The quantitative estimate of drug-likeness (QED) is 0.361. The Bertz CT molecular complexity index is 640. The lowest BCUT2D eigenvalue weighted by atomic mass is 10.2. The molecule has 1 aromatic rings. The SMILES string of the molecule is Cc1ncc([N+](=O)[O-])n1CCOC(=O)CCC(=O)N[C@@H](C)C(=O)O. The van der Waals surface area contributed by atoms with E-state index < -0.39 is 28.8 Å². The Balaban J connectivity index is 2.35. The van der Waals surface area contributed by atoms with Gasteiger partial charge in [-0.05, 0) is 11.8 Å². The first-order valence-electron chi connectivity index (χ1n) is 7.06. The number of esters is 1. The molecule has 24 heavy (non-hydrogen) atoms. The molecule has 1 aromatic heterocycles. The van der Waals surface area contributed by atoms with Crippen LogP contribution in [0.4, 0.5) is 5.82 Å².